The van der Waals surface area contributed by atoms with Gasteiger partial charge in [0.1, 0.15) is 0 Å². The number of hydrogen-bond acceptors (Lipinski definition) is 5. The van der Waals surface area contributed by atoms with Crippen LogP contribution >= 0.6 is 11.3 Å². The standard InChI is InChI=1S/C7H7FN4S/c8-6-5-4(7(10)12-11-6)1-3(2-9)13-5/h1H,2,9H2,(H2,10,12). The Morgan fingerprint density at radius 3 is 2.85 bits per heavy atom. The van der Waals surface area contributed by atoms with E-state index in [1.54, 1.807) is 6.07 Å². The molecule has 0 radical (unpaired) electrons. The Hall–Kier alpha value is -1.27. The van der Waals surface area contributed by atoms with Gasteiger partial charge >= 0.3 is 0 Å². The topological polar surface area (TPSA) is 77.8 Å². The number of rotatable bonds is 1. The van der Waals surface area contributed by atoms with Crippen molar-refractivity contribution in [2.75, 3.05) is 5.73 Å². The molecule has 0 spiro atoms. The molecule has 0 aliphatic rings. The zero-order valence-corrected chi connectivity index (χ0v) is 7.44. The summed E-state index contributed by atoms with van der Waals surface area (Å²) < 4.78 is 13.5. The third-order valence-electron chi connectivity index (χ3n) is 1.69. The van der Waals surface area contributed by atoms with Gasteiger partial charge in [-0.3, -0.25) is 0 Å². The second-order valence-electron chi connectivity index (χ2n) is 2.54. The van der Waals surface area contributed by atoms with Gasteiger partial charge in [0, 0.05) is 16.8 Å². The third kappa shape index (κ3) is 1.24. The van der Waals surface area contributed by atoms with E-state index in [2.05, 4.69) is 10.2 Å². The minimum Gasteiger partial charge on any atom is -0.382 e. The van der Waals surface area contributed by atoms with E-state index in [4.69, 9.17) is 11.5 Å². The molecule has 0 aliphatic heterocycles. The first-order chi connectivity index (χ1) is 6.22. The summed E-state index contributed by atoms with van der Waals surface area (Å²) in [6.07, 6.45) is 0. The van der Waals surface area contributed by atoms with E-state index < -0.39 is 5.95 Å². The van der Waals surface area contributed by atoms with Crippen LogP contribution in [0.3, 0.4) is 0 Å². The lowest BCUT2D eigenvalue weighted by Crippen LogP contribution is -1.95. The van der Waals surface area contributed by atoms with Gasteiger partial charge < -0.3 is 11.5 Å². The predicted octanol–water partition coefficient (Wildman–Crippen LogP) is 0.871. The van der Waals surface area contributed by atoms with Crippen molar-refractivity contribution in [3.63, 3.8) is 0 Å². The highest BCUT2D eigenvalue weighted by Crippen LogP contribution is 2.29. The maximum atomic E-state index is 13.1. The van der Waals surface area contributed by atoms with Gasteiger partial charge in [-0.05, 0) is 6.07 Å². The van der Waals surface area contributed by atoms with Crippen molar-refractivity contribution in [3.8, 4) is 0 Å². The quantitative estimate of drug-likeness (QED) is 0.712. The summed E-state index contributed by atoms with van der Waals surface area (Å²) in [6, 6.07) is 1.74. The van der Waals surface area contributed by atoms with Crippen LogP contribution in [0.25, 0.3) is 10.1 Å². The Kier molecular flexibility index (Phi) is 1.86. The third-order valence-corrected chi connectivity index (χ3v) is 2.83. The van der Waals surface area contributed by atoms with Crippen LogP contribution in [-0.2, 0) is 6.54 Å². The molecule has 4 N–H and O–H groups in total. The molecule has 2 heterocycles. The average Bonchev–Trinajstić information content (AvgIpc) is 2.56. The molecule has 0 saturated heterocycles. The first-order valence-electron chi connectivity index (χ1n) is 3.62. The van der Waals surface area contributed by atoms with Crippen LogP contribution in [0.15, 0.2) is 6.07 Å². The molecule has 0 fully saturated rings. The van der Waals surface area contributed by atoms with Crippen LogP contribution in [0, 0.1) is 5.95 Å². The SMILES string of the molecule is NCc1cc2c(N)nnc(F)c2s1. The monoisotopic (exact) mass is 198 g/mol. The van der Waals surface area contributed by atoms with Crippen molar-refractivity contribution in [2.45, 2.75) is 6.54 Å². The number of thiophene rings is 1. The second kappa shape index (κ2) is 2.90. The summed E-state index contributed by atoms with van der Waals surface area (Å²) >= 11 is 1.26. The van der Waals surface area contributed by atoms with Crippen LogP contribution in [0.4, 0.5) is 10.2 Å². The predicted molar refractivity (Wildman–Crippen MR) is 49.7 cm³/mol. The zero-order valence-electron chi connectivity index (χ0n) is 6.62. The summed E-state index contributed by atoms with van der Waals surface area (Å²) in [5.74, 6) is -0.346. The van der Waals surface area contributed by atoms with E-state index in [0.717, 1.165) is 4.88 Å². The Morgan fingerprint density at radius 1 is 1.46 bits per heavy atom. The minimum atomic E-state index is -0.589. The van der Waals surface area contributed by atoms with Crippen molar-refractivity contribution in [1.29, 1.82) is 0 Å². The van der Waals surface area contributed by atoms with E-state index in [-0.39, 0.29) is 5.82 Å². The van der Waals surface area contributed by atoms with E-state index in [1.165, 1.54) is 11.3 Å². The lowest BCUT2D eigenvalue weighted by atomic mass is 10.3. The number of halogens is 1. The maximum Gasteiger partial charge on any atom is 0.251 e. The normalized spacial score (nSPS) is 10.9. The lowest BCUT2D eigenvalue weighted by Gasteiger charge is -1.92. The van der Waals surface area contributed by atoms with Gasteiger partial charge in [0.05, 0.1) is 4.70 Å². The number of nitrogens with zero attached hydrogens (tertiary/aromatic N) is 2. The van der Waals surface area contributed by atoms with Crippen molar-refractivity contribution >= 4 is 27.2 Å². The van der Waals surface area contributed by atoms with Crippen LogP contribution < -0.4 is 11.5 Å². The van der Waals surface area contributed by atoms with Gasteiger partial charge in [0.25, 0.3) is 5.95 Å². The molecule has 2 aromatic heterocycles. The highest BCUT2D eigenvalue weighted by molar-refractivity contribution is 7.19. The number of aromatic nitrogens is 2. The van der Waals surface area contributed by atoms with Gasteiger partial charge in [-0.1, -0.05) is 0 Å². The van der Waals surface area contributed by atoms with Gasteiger partial charge in [-0.25, -0.2) is 0 Å². The van der Waals surface area contributed by atoms with E-state index >= 15 is 0 Å². The van der Waals surface area contributed by atoms with E-state index in [0.29, 0.717) is 16.6 Å². The summed E-state index contributed by atoms with van der Waals surface area (Å²) in [6.45, 7) is 0.373. The van der Waals surface area contributed by atoms with Crippen LogP contribution in [0.5, 0.6) is 0 Å². The van der Waals surface area contributed by atoms with Crippen LogP contribution in [0.1, 0.15) is 4.88 Å². The molecule has 13 heavy (non-hydrogen) atoms. The molecule has 4 nitrogen and oxygen atoms in total. The highest BCUT2D eigenvalue weighted by atomic mass is 32.1. The molecule has 68 valence electrons. The number of fused-ring (bicyclic) bond motifs is 1. The molecular formula is C7H7FN4S. The molecule has 2 rings (SSSR count). The van der Waals surface area contributed by atoms with Crippen molar-refractivity contribution in [3.05, 3.63) is 16.9 Å². The number of anilines is 1. The van der Waals surface area contributed by atoms with Crippen molar-refractivity contribution in [2.24, 2.45) is 5.73 Å². The van der Waals surface area contributed by atoms with Crippen molar-refractivity contribution in [1.82, 2.24) is 10.2 Å². The van der Waals surface area contributed by atoms with Gasteiger partial charge in [0.2, 0.25) is 0 Å². The van der Waals surface area contributed by atoms with Crippen LogP contribution in [-0.4, -0.2) is 10.2 Å². The van der Waals surface area contributed by atoms with Gasteiger partial charge in [0.15, 0.2) is 5.82 Å². The molecule has 6 heteroatoms. The smallest absolute Gasteiger partial charge is 0.251 e. The summed E-state index contributed by atoms with van der Waals surface area (Å²) in [5, 5.41) is 7.35. The Bertz CT molecular complexity index is 414. The number of nitrogens with two attached hydrogens (primary N) is 2. The fraction of sp³-hybridized carbons (Fsp3) is 0.143. The first kappa shape index (κ1) is 8.33. The number of hydrogen-bond donors (Lipinski definition) is 2. The van der Waals surface area contributed by atoms with E-state index in [9.17, 15) is 4.39 Å². The Balaban J connectivity index is 2.80. The Morgan fingerprint density at radius 2 is 2.23 bits per heavy atom. The summed E-state index contributed by atoms with van der Waals surface area (Å²) in [7, 11) is 0. The summed E-state index contributed by atoms with van der Waals surface area (Å²) in [5.41, 5.74) is 10.9. The fourth-order valence-electron chi connectivity index (χ4n) is 1.08. The highest BCUT2D eigenvalue weighted by Gasteiger charge is 2.10. The largest absolute Gasteiger partial charge is 0.382 e. The van der Waals surface area contributed by atoms with Gasteiger partial charge in [-0.2, -0.15) is 4.39 Å². The van der Waals surface area contributed by atoms with Crippen molar-refractivity contribution < 1.29 is 4.39 Å². The molecule has 0 saturated carbocycles. The fourth-order valence-corrected chi connectivity index (χ4v) is 2.00. The molecule has 0 atom stereocenters. The molecular weight excluding hydrogens is 191 g/mol. The molecule has 0 aliphatic carbocycles. The molecule has 0 aromatic carbocycles. The summed E-state index contributed by atoms with van der Waals surface area (Å²) in [4.78, 5) is 0.871. The molecule has 0 amide bonds. The average molecular weight is 198 g/mol. The molecule has 0 unspecified atom stereocenters. The van der Waals surface area contributed by atoms with E-state index in [1.807, 2.05) is 0 Å². The lowest BCUT2D eigenvalue weighted by molar-refractivity contribution is 0.580. The first-order valence-corrected chi connectivity index (χ1v) is 4.44. The molecule has 0 bridgehead atoms. The van der Waals surface area contributed by atoms with Crippen LogP contribution in [0.2, 0.25) is 0 Å². The Labute approximate surface area is 77.4 Å². The molecule has 2 aromatic rings. The maximum absolute atomic E-state index is 13.1. The minimum absolute atomic E-state index is 0.243. The zero-order chi connectivity index (χ0) is 9.42. The number of nitrogen functional groups attached to an aromatic ring is 1. The van der Waals surface area contributed by atoms with Gasteiger partial charge in [-0.15, -0.1) is 21.5 Å². The second-order valence-corrected chi connectivity index (χ2v) is 3.67.